The fraction of sp³-hybridized carbons (Fsp3) is 0.214. The highest BCUT2D eigenvalue weighted by atomic mass is 79.9. The number of halogens is 4. The molecule has 39 heavy (non-hydrogen) atoms. The molecule has 1 saturated heterocycles. The van der Waals surface area contributed by atoms with Crippen LogP contribution in [0.15, 0.2) is 66.4 Å². The van der Waals surface area contributed by atoms with Gasteiger partial charge >= 0.3 is 5.97 Å². The van der Waals surface area contributed by atoms with Crippen molar-refractivity contribution in [1.29, 1.82) is 0 Å². The number of hydrogen-bond acceptors (Lipinski definition) is 5. The van der Waals surface area contributed by atoms with Crippen molar-refractivity contribution in [2.45, 2.75) is 26.3 Å². The second-order valence-corrected chi connectivity index (χ2v) is 12.5. The molecule has 0 unspecified atom stereocenters. The fourth-order valence-corrected chi connectivity index (χ4v) is 7.34. The molecule has 2 aliphatic rings. The molecule has 0 aromatic heterocycles. The van der Waals surface area contributed by atoms with Gasteiger partial charge in [-0.1, -0.05) is 30.3 Å². The lowest BCUT2D eigenvalue weighted by molar-refractivity contribution is -0.139. The number of likely N-dealkylation sites (tertiary alicyclic amines) is 1. The van der Waals surface area contributed by atoms with Crippen molar-refractivity contribution >= 4 is 93.1 Å². The van der Waals surface area contributed by atoms with Crippen molar-refractivity contribution in [3.63, 3.8) is 0 Å². The molecule has 11 heteroatoms. The second kappa shape index (κ2) is 10.9. The van der Waals surface area contributed by atoms with E-state index in [0.717, 1.165) is 10.5 Å². The predicted molar refractivity (Wildman–Crippen MR) is 160 cm³/mol. The van der Waals surface area contributed by atoms with Gasteiger partial charge in [-0.2, -0.15) is 0 Å². The van der Waals surface area contributed by atoms with E-state index >= 15 is 0 Å². The van der Waals surface area contributed by atoms with E-state index in [0.29, 0.717) is 29.1 Å². The lowest BCUT2D eigenvalue weighted by atomic mass is 10.1. The summed E-state index contributed by atoms with van der Waals surface area (Å²) in [5.74, 6) is -1.86. The zero-order chi connectivity index (χ0) is 28.2. The van der Waals surface area contributed by atoms with Gasteiger partial charge < -0.3 is 9.64 Å². The number of aryl methyl sites for hydroxylation is 1. The number of carbonyl (C=O) groups excluding carboxylic acids is 4. The number of nitrogens with zero attached hydrogens (tertiary/aromatic N) is 2. The van der Waals surface area contributed by atoms with Crippen molar-refractivity contribution in [1.82, 2.24) is 4.90 Å². The van der Waals surface area contributed by atoms with Crippen LogP contribution in [0.25, 0.3) is 0 Å². The molecular weight excluding hydrogens is 764 g/mol. The first-order valence-corrected chi connectivity index (χ1v) is 15.1. The number of amides is 3. The summed E-state index contributed by atoms with van der Waals surface area (Å²) in [4.78, 5) is 55.2. The van der Waals surface area contributed by atoms with Gasteiger partial charge in [-0.05, 0) is 107 Å². The second-order valence-electron chi connectivity index (χ2n) is 9.35. The highest BCUT2D eigenvalue weighted by molar-refractivity contribution is 9.15. The van der Waals surface area contributed by atoms with Gasteiger partial charge in [0.15, 0.2) is 0 Å². The van der Waals surface area contributed by atoms with Crippen LogP contribution in [-0.4, -0.2) is 35.1 Å². The van der Waals surface area contributed by atoms with E-state index in [-0.39, 0.29) is 41.8 Å². The van der Waals surface area contributed by atoms with Gasteiger partial charge in [0.05, 0.1) is 28.8 Å². The summed E-state index contributed by atoms with van der Waals surface area (Å²) < 4.78 is 7.79. The number of benzene rings is 3. The molecule has 2 aliphatic heterocycles. The molecule has 2 atom stereocenters. The number of imide groups is 1. The minimum Gasteiger partial charge on any atom is -0.426 e. The Hall–Kier alpha value is -2.34. The van der Waals surface area contributed by atoms with E-state index in [2.05, 4.69) is 63.7 Å². The quantitative estimate of drug-likeness (QED) is 0.0889. The summed E-state index contributed by atoms with van der Waals surface area (Å²) in [6.45, 7) is 3.94. The largest absolute Gasteiger partial charge is 0.426 e. The summed E-state index contributed by atoms with van der Waals surface area (Å²) in [7, 11) is 0. The molecule has 5 rings (SSSR count). The van der Waals surface area contributed by atoms with Gasteiger partial charge in [-0.3, -0.25) is 19.2 Å². The third-order valence-electron chi connectivity index (χ3n) is 6.97. The first-order valence-electron chi connectivity index (χ1n) is 11.9. The zero-order valence-corrected chi connectivity index (χ0v) is 27.0. The number of ether oxygens (including phenoxy) is 1. The van der Waals surface area contributed by atoms with Gasteiger partial charge in [-0.15, -0.1) is 0 Å². The molecule has 2 heterocycles. The van der Waals surface area contributed by atoms with Crippen LogP contribution in [0.2, 0.25) is 0 Å². The van der Waals surface area contributed by atoms with Crippen molar-refractivity contribution in [3.05, 3.63) is 88.7 Å². The highest BCUT2D eigenvalue weighted by Gasteiger charge is 2.42. The van der Waals surface area contributed by atoms with Gasteiger partial charge in [0.2, 0.25) is 5.91 Å². The Balaban J connectivity index is 1.33. The van der Waals surface area contributed by atoms with Crippen molar-refractivity contribution in [2.24, 2.45) is 5.92 Å². The topological polar surface area (TPSA) is 84.0 Å². The summed E-state index contributed by atoms with van der Waals surface area (Å²) in [6.07, 6.45) is 0.0803. The predicted octanol–water partition coefficient (Wildman–Crippen LogP) is 7.36. The summed E-state index contributed by atoms with van der Waals surface area (Å²) in [5.41, 5.74) is 2.44. The molecule has 1 fully saturated rings. The number of rotatable bonds is 5. The summed E-state index contributed by atoms with van der Waals surface area (Å²) >= 11 is 13.7. The van der Waals surface area contributed by atoms with E-state index in [4.69, 9.17) is 4.74 Å². The van der Waals surface area contributed by atoms with Crippen LogP contribution in [-0.2, 0) is 9.59 Å². The molecule has 0 saturated carbocycles. The van der Waals surface area contributed by atoms with E-state index in [1.54, 1.807) is 30.0 Å². The lowest BCUT2D eigenvalue weighted by Gasteiger charge is -2.25. The van der Waals surface area contributed by atoms with Gasteiger partial charge in [-0.25, -0.2) is 4.90 Å². The SMILES string of the molecule is Cc1cc(OC(=O)[C@@H]2CC(=O)N([C@@H](C)c3ccccc3)C2)ccc1N1C(=O)c2c(Br)c(Br)c(Br)c(Br)c2C1=O. The van der Waals surface area contributed by atoms with Crippen molar-refractivity contribution in [2.75, 3.05) is 11.4 Å². The first kappa shape index (κ1) is 28.2. The van der Waals surface area contributed by atoms with Gasteiger partial charge in [0, 0.05) is 30.9 Å². The third kappa shape index (κ3) is 4.92. The fourth-order valence-electron chi connectivity index (χ4n) is 4.89. The van der Waals surface area contributed by atoms with Gasteiger partial charge in [0.25, 0.3) is 11.8 Å². The first-order chi connectivity index (χ1) is 18.5. The molecule has 0 bridgehead atoms. The Labute approximate surface area is 258 Å². The maximum Gasteiger partial charge on any atom is 0.316 e. The molecule has 200 valence electrons. The Morgan fingerprint density at radius 3 is 2.05 bits per heavy atom. The zero-order valence-electron chi connectivity index (χ0n) is 20.6. The Morgan fingerprint density at radius 2 is 1.49 bits per heavy atom. The Bertz CT molecular complexity index is 1510. The lowest BCUT2D eigenvalue weighted by Crippen LogP contribution is -2.30. The standard InChI is InChI=1S/C28H20Br4N2O5/c1-13-10-17(39-28(38)16-11-19(35)33(12-16)14(2)15-6-4-3-5-7-15)8-9-18(13)34-26(36)20-21(27(34)37)23(30)25(32)24(31)22(20)29/h3-10,14,16H,11-12H2,1-2H3/t14-,16+/m0/s1. The van der Waals surface area contributed by atoms with E-state index < -0.39 is 23.7 Å². The maximum absolute atomic E-state index is 13.3. The monoisotopic (exact) mass is 780 g/mol. The minimum atomic E-state index is -0.591. The maximum atomic E-state index is 13.3. The number of carbonyl (C=O) groups is 4. The van der Waals surface area contributed by atoms with Crippen LogP contribution in [0.3, 0.4) is 0 Å². The molecule has 0 aliphatic carbocycles. The molecule has 3 aromatic carbocycles. The van der Waals surface area contributed by atoms with Crippen LogP contribution >= 0.6 is 63.7 Å². The molecule has 0 spiro atoms. The van der Waals surface area contributed by atoms with Crippen LogP contribution < -0.4 is 9.64 Å². The third-order valence-corrected chi connectivity index (χ3v) is 11.7. The van der Waals surface area contributed by atoms with Crippen LogP contribution in [0.1, 0.15) is 51.2 Å². The number of esters is 1. The molecule has 3 amide bonds. The summed E-state index contributed by atoms with van der Waals surface area (Å²) in [5, 5.41) is 0. The normalized spacial score (nSPS) is 17.6. The smallest absolute Gasteiger partial charge is 0.316 e. The molecule has 0 radical (unpaired) electrons. The minimum absolute atomic E-state index is 0.0803. The molecule has 3 aromatic rings. The van der Waals surface area contributed by atoms with Crippen molar-refractivity contribution in [3.8, 4) is 5.75 Å². The number of hydrogen-bond donors (Lipinski definition) is 0. The van der Waals surface area contributed by atoms with Crippen LogP contribution in [0.4, 0.5) is 5.69 Å². The van der Waals surface area contributed by atoms with Crippen LogP contribution in [0, 0.1) is 12.8 Å². The van der Waals surface area contributed by atoms with E-state index in [1.165, 1.54) is 0 Å². The molecule has 0 N–H and O–H groups in total. The average Bonchev–Trinajstić information content (AvgIpc) is 3.43. The number of anilines is 1. The number of fused-ring (bicyclic) bond motifs is 1. The molecular formula is C28H20Br4N2O5. The average molecular weight is 784 g/mol. The molecule has 7 nitrogen and oxygen atoms in total. The summed E-state index contributed by atoms with van der Waals surface area (Å²) in [6, 6.07) is 14.2. The Kier molecular flexibility index (Phi) is 7.89. The van der Waals surface area contributed by atoms with Crippen LogP contribution in [0.5, 0.6) is 5.75 Å². The Morgan fingerprint density at radius 1 is 0.897 bits per heavy atom. The highest BCUT2D eigenvalue weighted by Crippen LogP contribution is 2.46. The van der Waals surface area contributed by atoms with Crippen molar-refractivity contribution < 1.29 is 23.9 Å². The van der Waals surface area contributed by atoms with Gasteiger partial charge in [0.1, 0.15) is 5.75 Å². The van der Waals surface area contributed by atoms with E-state index in [9.17, 15) is 19.2 Å². The van der Waals surface area contributed by atoms with E-state index in [1.807, 2.05) is 37.3 Å².